The first-order valence-electron chi connectivity index (χ1n) is 7.71. The van der Waals surface area contributed by atoms with Gasteiger partial charge in [-0.15, -0.1) is 0 Å². The summed E-state index contributed by atoms with van der Waals surface area (Å²) in [7, 11) is 0. The second kappa shape index (κ2) is 6.99. The van der Waals surface area contributed by atoms with Crippen molar-refractivity contribution >= 4 is 44.9 Å². The van der Waals surface area contributed by atoms with Crippen LogP contribution in [0.25, 0.3) is 11.8 Å². The molecule has 0 N–H and O–H groups in total. The number of halogens is 1. The van der Waals surface area contributed by atoms with Crippen LogP contribution in [-0.2, 0) is 4.79 Å². The maximum absolute atomic E-state index is 12.5. The molecule has 3 rings (SSSR count). The van der Waals surface area contributed by atoms with E-state index in [1.807, 2.05) is 61.0 Å². The highest BCUT2D eigenvalue weighted by Crippen LogP contribution is 2.34. The van der Waals surface area contributed by atoms with Crippen molar-refractivity contribution in [1.82, 2.24) is 9.47 Å². The minimum Gasteiger partial charge on any atom is -0.317 e. The number of rotatable bonds is 4. The molecule has 124 valence electrons. The van der Waals surface area contributed by atoms with E-state index in [0.29, 0.717) is 4.91 Å². The van der Waals surface area contributed by atoms with Crippen molar-refractivity contribution in [2.45, 2.75) is 26.3 Å². The fraction of sp³-hybridized carbons (Fsp3) is 0.222. The van der Waals surface area contributed by atoms with Crippen LogP contribution in [0.5, 0.6) is 0 Å². The predicted molar refractivity (Wildman–Crippen MR) is 101 cm³/mol. The molecule has 2 aromatic rings. The van der Waals surface area contributed by atoms with Gasteiger partial charge in [0.1, 0.15) is 0 Å². The summed E-state index contributed by atoms with van der Waals surface area (Å²) in [6.07, 6.45) is 4.48. The highest BCUT2D eigenvalue weighted by Gasteiger charge is 2.37. The van der Waals surface area contributed by atoms with Gasteiger partial charge < -0.3 is 4.57 Å². The Hall–Kier alpha value is -1.79. The number of imide groups is 1. The number of carbonyl (C=O) groups excluding carboxylic acids is 2. The molecule has 2 heterocycles. The van der Waals surface area contributed by atoms with Crippen molar-refractivity contribution < 1.29 is 9.59 Å². The Balaban J connectivity index is 1.93. The number of thioether (sulfide) groups is 1. The standard InChI is InChI=1S/C18H17BrN2O2S/c1-3-12(2)21-17(22)16(24-18(21)23)11-15-5-4-10-20(15)14-8-6-13(19)7-9-14/h4-12H,3H2,1-2H3/b16-11+/t12-/m0/s1. The Morgan fingerprint density at radius 3 is 2.58 bits per heavy atom. The summed E-state index contributed by atoms with van der Waals surface area (Å²) in [6.45, 7) is 3.86. The van der Waals surface area contributed by atoms with Gasteiger partial charge >= 0.3 is 0 Å². The van der Waals surface area contributed by atoms with Gasteiger partial charge in [0, 0.05) is 28.1 Å². The van der Waals surface area contributed by atoms with Crippen molar-refractivity contribution in [2.75, 3.05) is 0 Å². The molecule has 1 fully saturated rings. The van der Waals surface area contributed by atoms with E-state index in [1.54, 1.807) is 6.08 Å². The lowest BCUT2D eigenvalue weighted by atomic mass is 10.2. The quantitative estimate of drug-likeness (QED) is 0.667. The van der Waals surface area contributed by atoms with Crippen molar-refractivity contribution in [1.29, 1.82) is 0 Å². The van der Waals surface area contributed by atoms with Crippen LogP contribution in [0.3, 0.4) is 0 Å². The van der Waals surface area contributed by atoms with Gasteiger partial charge in [-0.1, -0.05) is 22.9 Å². The number of hydrogen-bond donors (Lipinski definition) is 0. The van der Waals surface area contributed by atoms with Gasteiger partial charge in [-0.25, -0.2) is 0 Å². The number of carbonyl (C=O) groups is 2. The Kier molecular flexibility index (Phi) is 4.96. The fourth-order valence-electron chi connectivity index (χ4n) is 2.53. The molecule has 1 atom stereocenters. The molecule has 1 aromatic carbocycles. The van der Waals surface area contributed by atoms with Crippen molar-refractivity contribution in [3.8, 4) is 5.69 Å². The van der Waals surface area contributed by atoms with E-state index in [-0.39, 0.29) is 17.2 Å². The van der Waals surface area contributed by atoms with Gasteiger partial charge in [0.05, 0.1) is 4.91 Å². The summed E-state index contributed by atoms with van der Waals surface area (Å²) in [6, 6.07) is 11.7. The summed E-state index contributed by atoms with van der Waals surface area (Å²) >= 11 is 4.44. The largest absolute Gasteiger partial charge is 0.317 e. The lowest BCUT2D eigenvalue weighted by molar-refractivity contribution is -0.124. The summed E-state index contributed by atoms with van der Waals surface area (Å²) in [4.78, 5) is 26.5. The first kappa shape index (κ1) is 17.0. The minimum atomic E-state index is -0.206. The van der Waals surface area contributed by atoms with Gasteiger partial charge in [0.15, 0.2) is 0 Å². The van der Waals surface area contributed by atoms with Crippen molar-refractivity contribution in [3.05, 3.63) is 57.7 Å². The van der Waals surface area contributed by atoms with E-state index in [9.17, 15) is 9.59 Å². The zero-order chi connectivity index (χ0) is 17.3. The molecule has 0 bridgehead atoms. The molecule has 4 nitrogen and oxygen atoms in total. The third kappa shape index (κ3) is 3.21. The van der Waals surface area contributed by atoms with Crippen LogP contribution in [0.15, 0.2) is 52.0 Å². The summed E-state index contributed by atoms with van der Waals surface area (Å²) in [5.41, 5.74) is 1.86. The monoisotopic (exact) mass is 404 g/mol. The average molecular weight is 405 g/mol. The van der Waals surface area contributed by atoms with Crippen LogP contribution >= 0.6 is 27.7 Å². The zero-order valence-corrected chi connectivity index (χ0v) is 15.8. The topological polar surface area (TPSA) is 42.3 Å². The van der Waals surface area contributed by atoms with E-state index in [1.165, 1.54) is 4.90 Å². The van der Waals surface area contributed by atoms with E-state index in [4.69, 9.17) is 0 Å². The first-order chi connectivity index (χ1) is 11.5. The van der Waals surface area contributed by atoms with E-state index < -0.39 is 0 Å². The average Bonchev–Trinajstić information content (AvgIpc) is 3.13. The number of benzene rings is 1. The maximum atomic E-state index is 12.5. The molecule has 1 aliphatic rings. The van der Waals surface area contributed by atoms with Crippen LogP contribution < -0.4 is 0 Å². The minimum absolute atomic E-state index is 0.0818. The lowest BCUT2D eigenvalue weighted by Crippen LogP contribution is -2.36. The van der Waals surface area contributed by atoms with Gasteiger partial charge in [-0.3, -0.25) is 14.5 Å². The van der Waals surface area contributed by atoms with Crippen LogP contribution in [0.2, 0.25) is 0 Å². The highest BCUT2D eigenvalue weighted by atomic mass is 79.9. The molecular weight excluding hydrogens is 388 g/mol. The fourth-order valence-corrected chi connectivity index (χ4v) is 3.70. The van der Waals surface area contributed by atoms with Crippen molar-refractivity contribution in [2.24, 2.45) is 0 Å². The molecular formula is C18H17BrN2O2S. The Morgan fingerprint density at radius 1 is 1.21 bits per heavy atom. The molecule has 0 aliphatic carbocycles. The lowest BCUT2D eigenvalue weighted by Gasteiger charge is -2.19. The summed E-state index contributed by atoms with van der Waals surface area (Å²) < 4.78 is 3.00. The molecule has 1 saturated heterocycles. The van der Waals surface area contributed by atoms with Gasteiger partial charge in [0.2, 0.25) is 0 Å². The van der Waals surface area contributed by atoms with E-state index >= 15 is 0 Å². The molecule has 1 aromatic heterocycles. The summed E-state index contributed by atoms with van der Waals surface area (Å²) in [5.74, 6) is -0.206. The molecule has 6 heteroatoms. The van der Waals surface area contributed by atoms with Crippen LogP contribution in [0.1, 0.15) is 26.0 Å². The van der Waals surface area contributed by atoms with Gasteiger partial charge in [-0.2, -0.15) is 0 Å². The van der Waals surface area contributed by atoms with E-state index in [0.717, 1.165) is 34.0 Å². The van der Waals surface area contributed by atoms with Crippen LogP contribution in [-0.4, -0.2) is 26.7 Å². The Morgan fingerprint density at radius 2 is 1.92 bits per heavy atom. The molecule has 1 aliphatic heterocycles. The molecule has 0 spiro atoms. The predicted octanol–water partition coefficient (Wildman–Crippen LogP) is 5.07. The first-order valence-corrected chi connectivity index (χ1v) is 9.32. The van der Waals surface area contributed by atoms with Gasteiger partial charge in [-0.05, 0) is 67.6 Å². The van der Waals surface area contributed by atoms with Gasteiger partial charge in [0.25, 0.3) is 11.1 Å². The smallest absolute Gasteiger partial charge is 0.293 e. The number of amides is 2. The second-order valence-corrected chi connectivity index (χ2v) is 7.50. The second-order valence-electron chi connectivity index (χ2n) is 5.59. The molecule has 0 saturated carbocycles. The summed E-state index contributed by atoms with van der Waals surface area (Å²) in [5, 5.41) is -0.192. The maximum Gasteiger partial charge on any atom is 0.293 e. The highest BCUT2D eigenvalue weighted by molar-refractivity contribution is 9.10. The van der Waals surface area contributed by atoms with Crippen LogP contribution in [0, 0.1) is 0 Å². The SMILES string of the molecule is CC[C@H](C)N1C(=O)S/C(=C/c2cccn2-c2ccc(Br)cc2)C1=O. The number of nitrogens with zero attached hydrogens (tertiary/aromatic N) is 2. The zero-order valence-electron chi connectivity index (χ0n) is 13.4. The normalized spacial score (nSPS) is 17.8. The third-order valence-corrected chi connectivity index (χ3v) is 5.43. The Labute approximate surface area is 153 Å². The van der Waals surface area contributed by atoms with Crippen molar-refractivity contribution in [3.63, 3.8) is 0 Å². The van der Waals surface area contributed by atoms with Crippen LogP contribution in [0.4, 0.5) is 4.79 Å². The number of aromatic nitrogens is 1. The Bertz CT molecular complexity index is 811. The molecule has 24 heavy (non-hydrogen) atoms. The van der Waals surface area contributed by atoms with E-state index in [2.05, 4.69) is 15.9 Å². The molecule has 0 radical (unpaired) electrons. The third-order valence-electron chi connectivity index (χ3n) is 4.02. The molecule has 2 amide bonds. The molecule has 0 unspecified atom stereocenters. The number of hydrogen-bond acceptors (Lipinski definition) is 3.